The third-order valence-corrected chi connectivity index (χ3v) is 4.13. The first kappa shape index (κ1) is 17.9. The molecule has 0 saturated carbocycles. The molecule has 0 spiro atoms. The SMILES string of the molecule is Cc1ccccc1NC(=O)NCCNc1cc(N2CCOCC2)cnn1. The van der Waals surface area contributed by atoms with E-state index in [2.05, 4.69) is 31.0 Å². The molecule has 0 aliphatic carbocycles. The molecular formula is C18H24N6O2. The van der Waals surface area contributed by atoms with Gasteiger partial charge in [-0.15, -0.1) is 5.10 Å². The fourth-order valence-electron chi connectivity index (χ4n) is 2.68. The maximum Gasteiger partial charge on any atom is 0.319 e. The van der Waals surface area contributed by atoms with Gasteiger partial charge in [-0.05, 0) is 18.6 Å². The smallest absolute Gasteiger partial charge is 0.319 e. The van der Waals surface area contributed by atoms with Crippen LogP contribution in [-0.4, -0.2) is 55.6 Å². The number of para-hydroxylation sites is 1. The van der Waals surface area contributed by atoms with E-state index in [0.717, 1.165) is 43.2 Å². The Morgan fingerprint density at radius 1 is 1.23 bits per heavy atom. The molecule has 1 saturated heterocycles. The van der Waals surface area contributed by atoms with Gasteiger partial charge in [-0.25, -0.2) is 4.79 Å². The molecule has 1 aromatic heterocycles. The minimum absolute atomic E-state index is 0.228. The van der Waals surface area contributed by atoms with Crippen LogP contribution in [0.5, 0.6) is 0 Å². The van der Waals surface area contributed by atoms with E-state index in [1.807, 2.05) is 37.3 Å². The number of hydrogen-bond acceptors (Lipinski definition) is 6. The summed E-state index contributed by atoms with van der Waals surface area (Å²) in [7, 11) is 0. The number of aryl methyl sites for hydroxylation is 1. The molecule has 1 aliphatic rings. The fourth-order valence-corrected chi connectivity index (χ4v) is 2.68. The first-order valence-corrected chi connectivity index (χ1v) is 8.72. The van der Waals surface area contributed by atoms with Crippen LogP contribution in [-0.2, 0) is 4.74 Å². The molecule has 1 fully saturated rings. The minimum atomic E-state index is -0.228. The molecule has 8 nitrogen and oxygen atoms in total. The van der Waals surface area contributed by atoms with Crippen LogP contribution < -0.4 is 20.9 Å². The van der Waals surface area contributed by atoms with Crippen LogP contribution >= 0.6 is 0 Å². The van der Waals surface area contributed by atoms with E-state index in [1.54, 1.807) is 6.20 Å². The van der Waals surface area contributed by atoms with Crippen molar-refractivity contribution >= 4 is 23.2 Å². The lowest BCUT2D eigenvalue weighted by Crippen LogP contribution is -2.36. The highest BCUT2D eigenvalue weighted by Crippen LogP contribution is 2.17. The molecule has 1 aromatic carbocycles. The number of aromatic nitrogens is 2. The summed E-state index contributed by atoms with van der Waals surface area (Å²) in [5, 5.41) is 17.0. The summed E-state index contributed by atoms with van der Waals surface area (Å²) in [6.07, 6.45) is 1.75. The molecule has 0 bridgehead atoms. The predicted octanol–water partition coefficient (Wildman–Crippen LogP) is 1.86. The number of anilines is 3. The summed E-state index contributed by atoms with van der Waals surface area (Å²) in [6.45, 7) is 6.15. The second kappa shape index (κ2) is 9.00. The van der Waals surface area contributed by atoms with Crippen LogP contribution in [0.3, 0.4) is 0 Å². The Morgan fingerprint density at radius 3 is 2.85 bits per heavy atom. The molecule has 3 N–H and O–H groups in total. The number of rotatable bonds is 6. The molecule has 8 heteroatoms. The van der Waals surface area contributed by atoms with Crippen molar-refractivity contribution in [1.29, 1.82) is 0 Å². The second-order valence-electron chi connectivity index (χ2n) is 6.02. The number of urea groups is 1. The Kier molecular flexibility index (Phi) is 6.21. The topological polar surface area (TPSA) is 91.4 Å². The molecule has 138 valence electrons. The van der Waals surface area contributed by atoms with Gasteiger partial charge in [0.05, 0.1) is 25.1 Å². The third kappa shape index (κ3) is 5.06. The molecular weight excluding hydrogens is 332 g/mol. The summed E-state index contributed by atoms with van der Waals surface area (Å²) in [5.41, 5.74) is 2.86. The molecule has 0 radical (unpaired) electrons. The Balaban J connectivity index is 1.42. The summed E-state index contributed by atoms with van der Waals surface area (Å²) in [4.78, 5) is 14.2. The van der Waals surface area contributed by atoms with Gasteiger partial charge in [-0.1, -0.05) is 18.2 Å². The van der Waals surface area contributed by atoms with Crippen molar-refractivity contribution in [3.8, 4) is 0 Å². The average Bonchev–Trinajstić information content (AvgIpc) is 2.68. The van der Waals surface area contributed by atoms with Crippen molar-refractivity contribution in [3.05, 3.63) is 42.1 Å². The van der Waals surface area contributed by atoms with Gasteiger partial charge < -0.3 is 25.6 Å². The maximum atomic E-state index is 11.9. The van der Waals surface area contributed by atoms with E-state index in [4.69, 9.17) is 4.74 Å². The van der Waals surface area contributed by atoms with Crippen LogP contribution in [0.25, 0.3) is 0 Å². The minimum Gasteiger partial charge on any atom is -0.378 e. The van der Waals surface area contributed by atoms with Crippen molar-refractivity contribution in [2.24, 2.45) is 0 Å². The van der Waals surface area contributed by atoms with Gasteiger partial charge >= 0.3 is 6.03 Å². The van der Waals surface area contributed by atoms with Gasteiger partial charge in [0, 0.05) is 37.9 Å². The molecule has 2 aromatic rings. The number of nitrogens with one attached hydrogen (secondary N) is 3. The molecule has 0 atom stereocenters. The number of ether oxygens (including phenoxy) is 1. The fraction of sp³-hybridized carbons (Fsp3) is 0.389. The van der Waals surface area contributed by atoms with Gasteiger partial charge in [0.1, 0.15) is 0 Å². The molecule has 0 unspecified atom stereocenters. The number of nitrogens with zero attached hydrogens (tertiary/aromatic N) is 3. The van der Waals surface area contributed by atoms with Crippen LogP contribution in [0, 0.1) is 6.92 Å². The van der Waals surface area contributed by atoms with E-state index in [1.165, 1.54) is 0 Å². The highest BCUT2D eigenvalue weighted by Gasteiger charge is 2.12. The van der Waals surface area contributed by atoms with Crippen molar-refractivity contribution in [1.82, 2.24) is 15.5 Å². The molecule has 2 amide bonds. The normalized spacial score (nSPS) is 14.0. The van der Waals surface area contributed by atoms with Crippen LogP contribution in [0.2, 0.25) is 0 Å². The van der Waals surface area contributed by atoms with E-state index in [-0.39, 0.29) is 6.03 Å². The monoisotopic (exact) mass is 356 g/mol. The van der Waals surface area contributed by atoms with Gasteiger partial charge in [-0.3, -0.25) is 0 Å². The first-order valence-electron chi connectivity index (χ1n) is 8.72. The Hall–Kier alpha value is -2.87. The number of amides is 2. The van der Waals surface area contributed by atoms with Crippen LogP contribution in [0.15, 0.2) is 36.5 Å². The summed E-state index contributed by atoms with van der Waals surface area (Å²) < 4.78 is 5.36. The zero-order chi connectivity index (χ0) is 18.2. The average molecular weight is 356 g/mol. The maximum absolute atomic E-state index is 11.9. The molecule has 3 rings (SSSR count). The van der Waals surface area contributed by atoms with Gasteiger partial charge in [0.25, 0.3) is 0 Å². The van der Waals surface area contributed by atoms with Crippen molar-refractivity contribution in [2.45, 2.75) is 6.92 Å². The van der Waals surface area contributed by atoms with Crippen LogP contribution in [0.1, 0.15) is 5.56 Å². The summed E-state index contributed by atoms with van der Waals surface area (Å²) >= 11 is 0. The van der Waals surface area contributed by atoms with Gasteiger partial charge in [0.2, 0.25) is 0 Å². The van der Waals surface area contributed by atoms with Gasteiger partial charge in [-0.2, -0.15) is 5.10 Å². The highest BCUT2D eigenvalue weighted by molar-refractivity contribution is 5.90. The van der Waals surface area contributed by atoms with E-state index >= 15 is 0 Å². The lowest BCUT2D eigenvalue weighted by Gasteiger charge is -2.28. The lowest BCUT2D eigenvalue weighted by atomic mass is 10.2. The highest BCUT2D eigenvalue weighted by atomic mass is 16.5. The Labute approximate surface area is 152 Å². The van der Waals surface area contributed by atoms with E-state index in [9.17, 15) is 4.79 Å². The van der Waals surface area contributed by atoms with E-state index < -0.39 is 0 Å². The first-order chi connectivity index (χ1) is 12.7. The third-order valence-electron chi connectivity index (χ3n) is 4.13. The van der Waals surface area contributed by atoms with E-state index in [0.29, 0.717) is 18.9 Å². The quantitative estimate of drug-likeness (QED) is 0.685. The predicted molar refractivity (Wildman–Crippen MR) is 102 cm³/mol. The second-order valence-corrected chi connectivity index (χ2v) is 6.02. The summed E-state index contributed by atoms with van der Waals surface area (Å²) in [5.74, 6) is 0.690. The zero-order valence-corrected chi connectivity index (χ0v) is 14.9. The number of carbonyl (C=O) groups excluding carboxylic acids is 1. The number of hydrogen-bond donors (Lipinski definition) is 3. The molecule has 2 heterocycles. The molecule has 1 aliphatic heterocycles. The van der Waals surface area contributed by atoms with Crippen molar-refractivity contribution in [2.75, 3.05) is 54.9 Å². The van der Waals surface area contributed by atoms with Crippen LogP contribution in [0.4, 0.5) is 22.0 Å². The number of morpholine rings is 1. The standard InChI is InChI=1S/C18H24N6O2/c1-14-4-2-3-5-16(14)22-18(25)20-7-6-19-17-12-15(13-21-23-17)24-8-10-26-11-9-24/h2-5,12-13H,6-11H2,1H3,(H,19,23)(H2,20,22,25). The molecule has 26 heavy (non-hydrogen) atoms. The number of carbonyl (C=O) groups is 1. The lowest BCUT2D eigenvalue weighted by molar-refractivity contribution is 0.122. The van der Waals surface area contributed by atoms with Crippen molar-refractivity contribution in [3.63, 3.8) is 0 Å². The largest absolute Gasteiger partial charge is 0.378 e. The van der Waals surface area contributed by atoms with Gasteiger partial charge in [0.15, 0.2) is 5.82 Å². The Bertz CT molecular complexity index is 733. The van der Waals surface area contributed by atoms with Crippen molar-refractivity contribution < 1.29 is 9.53 Å². The summed E-state index contributed by atoms with van der Waals surface area (Å²) in [6, 6.07) is 9.40. The number of benzene rings is 1. The Morgan fingerprint density at radius 2 is 2.04 bits per heavy atom. The zero-order valence-electron chi connectivity index (χ0n) is 14.9.